The number of rotatable bonds is 3. The minimum atomic E-state index is -0.100. The van der Waals surface area contributed by atoms with Gasteiger partial charge in [0, 0.05) is 21.9 Å². The van der Waals surface area contributed by atoms with Crippen LogP contribution in [0, 0.1) is 0 Å². The fourth-order valence-corrected chi connectivity index (χ4v) is 6.72. The lowest BCUT2D eigenvalue weighted by atomic mass is 9.81. The maximum atomic E-state index is 2.46. The quantitative estimate of drug-likeness (QED) is 0.222. The molecule has 1 heteroatoms. The summed E-state index contributed by atoms with van der Waals surface area (Å²) >= 11 is 0. The third-order valence-electron chi connectivity index (χ3n) is 8.79. The number of hydrogen-bond acceptors (Lipinski definition) is 0. The predicted molar refractivity (Wildman–Crippen MR) is 169 cm³/mol. The maximum absolute atomic E-state index is 2.46. The first-order chi connectivity index (χ1) is 19.6. The zero-order valence-corrected chi connectivity index (χ0v) is 22.7. The molecule has 7 aromatic rings. The highest BCUT2D eigenvalue weighted by Crippen LogP contribution is 2.52. The van der Waals surface area contributed by atoms with E-state index in [-0.39, 0.29) is 5.41 Å². The molecule has 0 radical (unpaired) electrons. The van der Waals surface area contributed by atoms with Crippen LogP contribution in [0.25, 0.3) is 60.9 Å². The Hall–Kier alpha value is -4.88. The zero-order valence-electron chi connectivity index (χ0n) is 22.7. The molecule has 1 nitrogen and oxygen atoms in total. The van der Waals surface area contributed by atoms with E-state index in [1.54, 1.807) is 0 Å². The molecule has 1 aliphatic rings. The van der Waals surface area contributed by atoms with Crippen LogP contribution in [0.3, 0.4) is 0 Å². The van der Waals surface area contributed by atoms with Gasteiger partial charge < -0.3 is 4.57 Å². The molecule has 1 heterocycles. The lowest BCUT2D eigenvalue weighted by Crippen LogP contribution is -2.15. The third kappa shape index (κ3) is 3.34. The number of nitrogens with zero attached hydrogens (tertiary/aromatic N) is 1. The Kier molecular flexibility index (Phi) is 4.93. The number of aromatic nitrogens is 1. The van der Waals surface area contributed by atoms with E-state index in [0.29, 0.717) is 0 Å². The molecule has 0 aliphatic heterocycles. The standard InChI is InChI=1S/C39H29N/c1-39(2)35-22-28(26-12-6-3-7-13-26)18-20-31(35)33-24-34-32-21-19-29(27-14-8-4-9-15-27)23-37(32)40(38(34)25-36(33)39)30-16-10-5-11-17-30/h3-25H,1-2H3. The number of hydrogen-bond donors (Lipinski definition) is 0. The second-order valence-corrected chi connectivity index (χ2v) is 11.4. The van der Waals surface area contributed by atoms with Gasteiger partial charge in [-0.25, -0.2) is 0 Å². The van der Waals surface area contributed by atoms with Crippen LogP contribution in [0.1, 0.15) is 25.0 Å². The molecule has 6 aromatic carbocycles. The Morgan fingerprint density at radius 3 is 1.65 bits per heavy atom. The molecule has 0 saturated heterocycles. The van der Waals surface area contributed by atoms with Crippen LogP contribution in [0.15, 0.2) is 140 Å². The number of fused-ring (bicyclic) bond motifs is 6. The molecule has 0 saturated carbocycles. The van der Waals surface area contributed by atoms with Gasteiger partial charge in [0.25, 0.3) is 0 Å². The summed E-state index contributed by atoms with van der Waals surface area (Å²) in [6.45, 7) is 4.75. The van der Waals surface area contributed by atoms with Crippen molar-refractivity contribution in [3.05, 3.63) is 151 Å². The van der Waals surface area contributed by atoms with E-state index in [4.69, 9.17) is 0 Å². The maximum Gasteiger partial charge on any atom is 0.0547 e. The summed E-state index contributed by atoms with van der Waals surface area (Å²) in [5, 5.41) is 2.58. The normalized spacial score (nSPS) is 13.4. The van der Waals surface area contributed by atoms with E-state index in [2.05, 4.69) is 158 Å². The summed E-state index contributed by atoms with van der Waals surface area (Å²) in [4.78, 5) is 0. The Morgan fingerprint density at radius 1 is 0.425 bits per heavy atom. The second kappa shape index (κ2) is 8.56. The molecule has 0 fully saturated rings. The van der Waals surface area contributed by atoms with Gasteiger partial charge in [0.1, 0.15) is 0 Å². The molecule has 0 unspecified atom stereocenters. The number of para-hydroxylation sites is 1. The van der Waals surface area contributed by atoms with Crippen molar-refractivity contribution < 1.29 is 0 Å². The Morgan fingerprint density at radius 2 is 0.975 bits per heavy atom. The Labute approximate surface area is 235 Å². The monoisotopic (exact) mass is 511 g/mol. The fraction of sp³-hybridized carbons (Fsp3) is 0.0769. The van der Waals surface area contributed by atoms with Crippen molar-refractivity contribution in [2.45, 2.75) is 19.3 Å². The molecule has 190 valence electrons. The van der Waals surface area contributed by atoms with E-state index < -0.39 is 0 Å². The van der Waals surface area contributed by atoms with Crippen molar-refractivity contribution in [3.63, 3.8) is 0 Å². The number of benzene rings is 6. The highest BCUT2D eigenvalue weighted by atomic mass is 15.0. The van der Waals surface area contributed by atoms with E-state index in [1.165, 1.54) is 72.0 Å². The highest BCUT2D eigenvalue weighted by Gasteiger charge is 2.36. The lowest BCUT2D eigenvalue weighted by molar-refractivity contribution is 0.661. The van der Waals surface area contributed by atoms with Gasteiger partial charge >= 0.3 is 0 Å². The predicted octanol–water partition coefficient (Wildman–Crippen LogP) is 10.4. The largest absolute Gasteiger partial charge is 0.309 e. The van der Waals surface area contributed by atoms with E-state index in [1.807, 2.05) is 0 Å². The Balaban J connectivity index is 1.40. The molecule has 0 bridgehead atoms. The van der Waals surface area contributed by atoms with Crippen LogP contribution in [0.5, 0.6) is 0 Å². The minimum Gasteiger partial charge on any atom is -0.309 e. The van der Waals surface area contributed by atoms with Gasteiger partial charge in [-0.05, 0) is 80.9 Å². The summed E-state index contributed by atoms with van der Waals surface area (Å²) in [5.74, 6) is 0. The molecule has 40 heavy (non-hydrogen) atoms. The molecule has 8 rings (SSSR count). The van der Waals surface area contributed by atoms with Crippen LogP contribution in [-0.2, 0) is 5.41 Å². The van der Waals surface area contributed by atoms with Gasteiger partial charge in [-0.2, -0.15) is 0 Å². The second-order valence-electron chi connectivity index (χ2n) is 11.4. The van der Waals surface area contributed by atoms with Crippen LogP contribution in [0.2, 0.25) is 0 Å². The van der Waals surface area contributed by atoms with Gasteiger partial charge in [-0.3, -0.25) is 0 Å². The molecule has 0 spiro atoms. The molecule has 0 amide bonds. The van der Waals surface area contributed by atoms with Crippen LogP contribution < -0.4 is 0 Å². The zero-order chi connectivity index (χ0) is 26.8. The van der Waals surface area contributed by atoms with E-state index in [0.717, 1.165) is 0 Å². The van der Waals surface area contributed by atoms with E-state index >= 15 is 0 Å². The Bertz CT molecular complexity index is 2050. The summed E-state index contributed by atoms with van der Waals surface area (Å²) < 4.78 is 2.45. The third-order valence-corrected chi connectivity index (χ3v) is 8.79. The van der Waals surface area contributed by atoms with Crippen molar-refractivity contribution in [1.82, 2.24) is 4.57 Å². The molecule has 0 atom stereocenters. The molecule has 1 aliphatic carbocycles. The smallest absolute Gasteiger partial charge is 0.0547 e. The molecular weight excluding hydrogens is 482 g/mol. The van der Waals surface area contributed by atoms with E-state index in [9.17, 15) is 0 Å². The topological polar surface area (TPSA) is 4.93 Å². The average Bonchev–Trinajstić information content (AvgIpc) is 3.45. The lowest BCUT2D eigenvalue weighted by Gasteiger charge is -2.22. The first-order valence-corrected chi connectivity index (χ1v) is 14.0. The molecular formula is C39H29N. The molecule has 1 aromatic heterocycles. The van der Waals surface area contributed by atoms with Gasteiger partial charge in [-0.1, -0.05) is 117 Å². The SMILES string of the molecule is CC1(C)c2cc(-c3ccccc3)ccc2-c2cc3c4ccc(-c5ccccc5)cc4n(-c4ccccc4)c3cc21. The van der Waals surface area contributed by atoms with Crippen molar-refractivity contribution in [3.8, 4) is 39.1 Å². The summed E-state index contributed by atoms with van der Waals surface area (Å²) in [5.41, 5.74) is 14.1. The summed E-state index contributed by atoms with van der Waals surface area (Å²) in [6, 6.07) is 51.0. The highest BCUT2D eigenvalue weighted by molar-refractivity contribution is 6.12. The summed E-state index contributed by atoms with van der Waals surface area (Å²) in [6.07, 6.45) is 0. The van der Waals surface area contributed by atoms with Gasteiger partial charge in [0.15, 0.2) is 0 Å². The van der Waals surface area contributed by atoms with Crippen LogP contribution >= 0.6 is 0 Å². The van der Waals surface area contributed by atoms with Gasteiger partial charge in [0.2, 0.25) is 0 Å². The van der Waals surface area contributed by atoms with Crippen molar-refractivity contribution in [1.29, 1.82) is 0 Å². The molecule has 0 N–H and O–H groups in total. The van der Waals surface area contributed by atoms with Gasteiger partial charge in [-0.15, -0.1) is 0 Å². The first kappa shape index (κ1) is 23.0. The van der Waals surface area contributed by atoms with Crippen molar-refractivity contribution >= 4 is 21.8 Å². The average molecular weight is 512 g/mol. The minimum absolute atomic E-state index is 0.100. The van der Waals surface area contributed by atoms with Gasteiger partial charge in [0.05, 0.1) is 11.0 Å². The fourth-order valence-electron chi connectivity index (χ4n) is 6.72. The van der Waals surface area contributed by atoms with Crippen LogP contribution in [0.4, 0.5) is 0 Å². The van der Waals surface area contributed by atoms with Crippen LogP contribution in [-0.4, -0.2) is 4.57 Å². The van der Waals surface area contributed by atoms with Crippen molar-refractivity contribution in [2.75, 3.05) is 0 Å². The first-order valence-electron chi connectivity index (χ1n) is 14.0. The van der Waals surface area contributed by atoms with Crippen molar-refractivity contribution in [2.24, 2.45) is 0 Å². The summed E-state index contributed by atoms with van der Waals surface area (Å²) in [7, 11) is 0.